The van der Waals surface area contributed by atoms with Crippen molar-refractivity contribution in [2.24, 2.45) is 0 Å². The number of likely N-dealkylation sites (N-methyl/N-ethyl adjacent to an activating group) is 1. The summed E-state index contributed by atoms with van der Waals surface area (Å²) in [6, 6.07) is 5.76. The molecule has 2 aliphatic rings. The van der Waals surface area contributed by atoms with Gasteiger partial charge < -0.3 is 14.6 Å². The molecule has 170 valence electrons. The first kappa shape index (κ1) is 21.8. The molecular formula is C24H29ClFN5O. The lowest BCUT2D eigenvalue weighted by Crippen LogP contribution is -2.43. The maximum atomic E-state index is 15.3. The van der Waals surface area contributed by atoms with E-state index in [9.17, 15) is 5.11 Å². The van der Waals surface area contributed by atoms with E-state index in [-0.39, 0.29) is 23.2 Å². The molecule has 0 unspecified atom stereocenters. The summed E-state index contributed by atoms with van der Waals surface area (Å²) in [6.45, 7) is 4.85. The van der Waals surface area contributed by atoms with E-state index in [1.54, 1.807) is 12.3 Å². The Kier molecular flexibility index (Phi) is 6.16. The topological polar surface area (TPSA) is 57.4 Å². The molecule has 3 heterocycles. The first-order valence-corrected chi connectivity index (χ1v) is 11.8. The number of hydrogen-bond donors (Lipinski definition) is 1. The van der Waals surface area contributed by atoms with Crippen molar-refractivity contribution in [2.75, 3.05) is 33.2 Å². The summed E-state index contributed by atoms with van der Waals surface area (Å²) in [5, 5.41) is 10.9. The van der Waals surface area contributed by atoms with Crippen LogP contribution in [0.25, 0.3) is 22.2 Å². The molecule has 1 N–H and O–H groups in total. The molecule has 3 aromatic rings. The van der Waals surface area contributed by atoms with Gasteiger partial charge >= 0.3 is 0 Å². The number of aromatic nitrogens is 3. The first-order chi connectivity index (χ1) is 15.5. The number of aliphatic hydroxyl groups excluding tert-OH is 1. The zero-order valence-electron chi connectivity index (χ0n) is 18.3. The van der Waals surface area contributed by atoms with E-state index in [1.807, 2.05) is 18.3 Å². The lowest BCUT2D eigenvalue weighted by Gasteiger charge is -2.32. The second-order valence-corrected chi connectivity index (χ2v) is 9.52. The Bertz CT molecular complexity index is 1100. The molecule has 1 saturated carbocycles. The molecule has 0 atom stereocenters. The fourth-order valence-corrected chi connectivity index (χ4v) is 5.11. The van der Waals surface area contributed by atoms with E-state index in [1.165, 1.54) is 0 Å². The van der Waals surface area contributed by atoms with Crippen LogP contribution in [0.5, 0.6) is 0 Å². The van der Waals surface area contributed by atoms with Crippen molar-refractivity contribution in [3.63, 3.8) is 0 Å². The van der Waals surface area contributed by atoms with Crippen LogP contribution < -0.4 is 0 Å². The van der Waals surface area contributed by atoms with E-state index in [0.717, 1.165) is 80.6 Å². The van der Waals surface area contributed by atoms with E-state index in [0.29, 0.717) is 5.56 Å². The second kappa shape index (κ2) is 9.06. The van der Waals surface area contributed by atoms with Crippen LogP contribution in [0.2, 0.25) is 5.28 Å². The number of hydrogen-bond acceptors (Lipinski definition) is 5. The second-order valence-electron chi connectivity index (χ2n) is 9.18. The van der Waals surface area contributed by atoms with Crippen molar-refractivity contribution in [1.82, 2.24) is 24.3 Å². The smallest absolute Gasteiger partial charge is 0.224 e. The van der Waals surface area contributed by atoms with E-state index >= 15 is 4.39 Å². The van der Waals surface area contributed by atoms with Crippen molar-refractivity contribution < 1.29 is 9.50 Å². The minimum atomic E-state index is -0.240. The molecule has 1 saturated heterocycles. The number of aliphatic hydroxyl groups is 1. The molecule has 0 spiro atoms. The molecule has 32 heavy (non-hydrogen) atoms. The van der Waals surface area contributed by atoms with Crippen LogP contribution in [0, 0.1) is 5.82 Å². The summed E-state index contributed by atoms with van der Waals surface area (Å²) in [4.78, 5) is 13.3. The highest BCUT2D eigenvalue weighted by Crippen LogP contribution is 2.37. The van der Waals surface area contributed by atoms with Crippen molar-refractivity contribution in [3.05, 3.63) is 47.3 Å². The van der Waals surface area contributed by atoms with Crippen LogP contribution in [0.3, 0.4) is 0 Å². The molecule has 0 radical (unpaired) electrons. The summed E-state index contributed by atoms with van der Waals surface area (Å²) in [5.41, 5.74) is 3.05. The SMILES string of the molecule is CN1CCN(Cc2ccc(-c3cn([C@H]4CC[C@H](O)CC4)c4nc(Cl)ncc34)c(F)c2)CC1. The number of rotatable bonds is 4. The summed E-state index contributed by atoms with van der Waals surface area (Å²) >= 11 is 6.10. The third-order valence-electron chi connectivity index (χ3n) is 6.93. The van der Waals surface area contributed by atoms with Gasteiger partial charge in [0.2, 0.25) is 5.28 Å². The molecule has 1 aliphatic heterocycles. The maximum absolute atomic E-state index is 15.3. The molecule has 0 bridgehead atoms. The Morgan fingerprint density at radius 3 is 2.56 bits per heavy atom. The van der Waals surface area contributed by atoms with Crippen LogP contribution in [0.4, 0.5) is 4.39 Å². The molecule has 1 aromatic carbocycles. The first-order valence-electron chi connectivity index (χ1n) is 11.4. The van der Waals surface area contributed by atoms with Gasteiger partial charge in [0.05, 0.1) is 6.10 Å². The maximum Gasteiger partial charge on any atom is 0.224 e. The van der Waals surface area contributed by atoms with Gasteiger partial charge in [-0.25, -0.2) is 9.37 Å². The Morgan fingerprint density at radius 2 is 1.84 bits per heavy atom. The van der Waals surface area contributed by atoms with Crippen LogP contribution in [0.1, 0.15) is 37.3 Å². The van der Waals surface area contributed by atoms with E-state index in [4.69, 9.17) is 11.6 Å². The average Bonchev–Trinajstić information content (AvgIpc) is 3.14. The summed E-state index contributed by atoms with van der Waals surface area (Å²) in [7, 11) is 2.13. The summed E-state index contributed by atoms with van der Waals surface area (Å²) in [5.74, 6) is -0.232. The third-order valence-corrected chi connectivity index (χ3v) is 7.11. The number of nitrogens with zero attached hydrogens (tertiary/aromatic N) is 5. The number of benzene rings is 1. The summed E-state index contributed by atoms with van der Waals surface area (Å²) in [6.07, 6.45) is 6.66. The van der Waals surface area contributed by atoms with Crippen molar-refractivity contribution in [3.8, 4) is 11.1 Å². The van der Waals surface area contributed by atoms with Crippen molar-refractivity contribution in [2.45, 2.75) is 44.4 Å². The Labute approximate surface area is 192 Å². The molecule has 8 heteroatoms. The van der Waals surface area contributed by atoms with Gasteiger partial charge in [-0.15, -0.1) is 0 Å². The lowest BCUT2D eigenvalue weighted by atomic mass is 9.93. The van der Waals surface area contributed by atoms with Crippen LogP contribution in [0.15, 0.2) is 30.6 Å². The number of piperazine rings is 1. The molecule has 1 aliphatic carbocycles. The largest absolute Gasteiger partial charge is 0.393 e. The van der Waals surface area contributed by atoms with Gasteiger partial charge in [-0.05, 0) is 56.0 Å². The predicted octanol–water partition coefficient (Wildman–Crippen LogP) is 4.11. The minimum absolute atomic E-state index is 0.183. The molecule has 5 rings (SSSR count). The van der Waals surface area contributed by atoms with Crippen LogP contribution in [-0.4, -0.2) is 68.8 Å². The fraction of sp³-hybridized carbons (Fsp3) is 0.500. The third kappa shape index (κ3) is 4.39. The van der Waals surface area contributed by atoms with Gasteiger partial charge in [0.25, 0.3) is 0 Å². The van der Waals surface area contributed by atoms with Gasteiger partial charge in [-0.3, -0.25) is 4.90 Å². The monoisotopic (exact) mass is 457 g/mol. The number of halogens is 2. The van der Waals surface area contributed by atoms with Gasteiger partial charge in [-0.2, -0.15) is 4.98 Å². The van der Waals surface area contributed by atoms with Crippen molar-refractivity contribution >= 4 is 22.6 Å². The molecular weight excluding hydrogens is 429 g/mol. The highest BCUT2D eigenvalue weighted by Gasteiger charge is 2.25. The van der Waals surface area contributed by atoms with E-state index in [2.05, 4.69) is 31.4 Å². The average molecular weight is 458 g/mol. The minimum Gasteiger partial charge on any atom is -0.393 e. The molecule has 2 fully saturated rings. The Hall–Kier alpha value is -2.06. The van der Waals surface area contributed by atoms with Gasteiger partial charge in [-0.1, -0.05) is 12.1 Å². The molecule has 6 nitrogen and oxygen atoms in total. The van der Waals surface area contributed by atoms with Crippen LogP contribution >= 0.6 is 11.6 Å². The number of fused-ring (bicyclic) bond motifs is 1. The Morgan fingerprint density at radius 1 is 1.09 bits per heavy atom. The molecule has 2 aromatic heterocycles. The highest BCUT2D eigenvalue weighted by molar-refractivity contribution is 6.28. The standard InChI is InChI=1S/C24H29ClFN5O/c1-29-8-10-30(11-9-29)14-16-2-7-19(22(26)12-16)21-15-31(17-3-5-18(32)6-4-17)23-20(21)13-27-24(25)28-23/h2,7,12-13,15,17-18,32H,3-6,8-11,14H2,1H3/t17-,18-. The zero-order valence-corrected chi connectivity index (χ0v) is 19.1. The zero-order chi connectivity index (χ0) is 22.2. The van der Waals surface area contributed by atoms with Gasteiger partial charge in [0.15, 0.2) is 0 Å². The predicted molar refractivity (Wildman–Crippen MR) is 124 cm³/mol. The Balaban J connectivity index is 1.46. The molecule has 0 amide bonds. The normalized spacial score (nSPS) is 23.1. The van der Waals surface area contributed by atoms with Crippen molar-refractivity contribution in [1.29, 1.82) is 0 Å². The lowest BCUT2D eigenvalue weighted by molar-refractivity contribution is 0.111. The fourth-order valence-electron chi connectivity index (χ4n) is 4.98. The highest BCUT2D eigenvalue weighted by atomic mass is 35.5. The summed E-state index contributed by atoms with van der Waals surface area (Å²) < 4.78 is 17.4. The van der Waals surface area contributed by atoms with Crippen LogP contribution in [-0.2, 0) is 6.54 Å². The van der Waals surface area contributed by atoms with Gasteiger partial charge in [0, 0.05) is 67.7 Å². The van der Waals surface area contributed by atoms with E-state index < -0.39 is 0 Å². The quantitative estimate of drug-likeness (QED) is 0.597. The van der Waals surface area contributed by atoms with Gasteiger partial charge in [0.1, 0.15) is 11.5 Å².